The molecule has 3 heterocycles. The Morgan fingerprint density at radius 2 is 2.03 bits per heavy atom. The van der Waals surface area contributed by atoms with Crippen LogP contribution in [-0.4, -0.2) is 65.0 Å². The van der Waals surface area contributed by atoms with E-state index in [1.54, 1.807) is 23.3 Å². The van der Waals surface area contributed by atoms with Crippen molar-refractivity contribution in [1.82, 2.24) is 25.0 Å². The van der Waals surface area contributed by atoms with E-state index in [0.717, 1.165) is 56.1 Å². The Morgan fingerprint density at radius 3 is 2.81 bits per heavy atom. The third kappa shape index (κ3) is 5.79. The molecule has 1 amide bonds. The van der Waals surface area contributed by atoms with Gasteiger partial charge in [-0.05, 0) is 49.4 Å². The lowest BCUT2D eigenvalue weighted by Gasteiger charge is -2.26. The molecule has 1 saturated heterocycles. The summed E-state index contributed by atoms with van der Waals surface area (Å²) in [6, 6.07) is 11.1. The summed E-state index contributed by atoms with van der Waals surface area (Å²) in [5, 5.41) is 7.32. The molecule has 0 bridgehead atoms. The smallest absolute Gasteiger partial charge is 0.251 e. The normalized spacial score (nSPS) is 13.9. The van der Waals surface area contributed by atoms with Gasteiger partial charge >= 0.3 is 0 Å². The molecule has 31 heavy (non-hydrogen) atoms. The maximum Gasteiger partial charge on any atom is 0.251 e. The zero-order valence-electron chi connectivity index (χ0n) is 17.3. The van der Waals surface area contributed by atoms with Gasteiger partial charge in [0.25, 0.3) is 5.91 Å². The van der Waals surface area contributed by atoms with Crippen LogP contribution < -0.4 is 5.32 Å². The summed E-state index contributed by atoms with van der Waals surface area (Å²) in [5.74, 6) is 6.19. The molecule has 1 fully saturated rings. The molecule has 7 heteroatoms. The van der Waals surface area contributed by atoms with Crippen LogP contribution in [0.25, 0.3) is 5.69 Å². The van der Waals surface area contributed by atoms with Gasteiger partial charge in [-0.2, -0.15) is 5.10 Å². The topological polar surface area (TPSA) is 72.3 Å². The fourth-order valence-corrected chi connectivity index (χ4v) is 3.40. The van der Waals surface area contributed by atoms with Gasteiger partial charge in [-0.15, -0.1) is 0 Å². The third-order valence-electron chi connectivity index (χ3n) is 5.05. The van der Waals surface area contributed by atoms with Crippen molar-refractivity contribution in [2.24, 2.45) is 0 Å². The molecule has 4 rings (SSSR count). The summed E-state index contributed by atoms with van der Waals surface area (Å²) in [5.41, 5.74) is 2.95. The number of ether oxygens (including phenoxy) is 1. The van der Waals surface area contributed by atoms with E-state index in [9.17, 15) is 4.79 Å². The van der Waals surface area contributed by atoms with E-state index < -0.39 is 0 Å². The molecule has 0 aliphatic carbocycles. The Hall–Kier alpha value is -3.47. The second-order valence-corrected chi connectivity index (χ2v) is 7.24. The van der Waals surface area contributed by atoms with Crippen molar-refractivity contribution < 1.29 is 9.53 Å². The maximum atomic E-state index is 12.7. The number of benzene rings is 1. The Kier molecular flexibility index (Phi) is 7.06. The highest BCUT2D eigenvalue weighted by Crippen LogP contribution is 2.16. The molecular weight excluding hydrogens is 390 g/mol. The van der Waals surface area contributed by atoms with Crippen LogP contribution in [0.1, 0.15) is 27.9 Å². The van der Waals surface area contributed by atoms with Crippen LogP contribution in [0.5, 0.6) is 0 Å². The number of hydrogen-bond acceptors (Lipinski definition) is 5. The molecule has 7 nitrogen and oxygen atoms in total. The minimum atomic E-state index is -0.0987. The van der Waals surface area contributed by atoms with Crippen molar-refractivity contribution in [3.05, 3.63) is 77.9 Å². The molecule has 1 aromatic carbocycles. The Bertz CT molecular complexity index is 1050. The van der Waals surface area contributed by atoms with Gasteiger partial charge in [-0.3, -0.25) is 14.7 Å². The van der Waals surface area contributed by atoms with Gasteiger partial charge in [-0.1, -0.05) is 11.8 Å². The van der Waals surface area contributed by atoms with E-state index in [4.69, 9.17) is 4.74 Å². The molecule has 1 aliphatic heterocycles. The van der Waals surface area contributed by atoms with Crippen LogP contribution in [0, 0.1) is 11.8 Å². The summed E-state index contributed by atoms with van der Waals surface area (Å²) in [6.45, 7) is 5.09. The lowest BCUT2D eigenvalue weighted by molar-refractivity contribution is 0.0374. The van der Waals surface area contributed by atoms with Crippen molar-refractivity contribution in [3.8, 4) is 17.5 Å². The maximum absolute atomic E-state index is 12.7. The van der Waals surface area contributed by atoms with Gasteiger partial charge < -0.3 is 10.1 Å². The molecule has 0 atom stereocenters. The second-order valence-electron chi connectivity index (χ2n) is 7.24. The average molecular weight is 415 g/mol. The fourth-order valence-electron chi connectivity index (χ4n) is 3.40. The fraction of sp³-hybridized carbons (Fsp3) is 0.292. The number of morpholine rings is 1. The lowest BCUT2D eigenvalue weighted by Crippen LogP contribution is -2.38. The van der Waals surface area contributed by atoms with Crippen LogP contribution in [0.4, 0.5) is 0 Å². The number of amides is 1. The highest BCUT2D eigenvalue weighted by molar-refractivity contribution is 5.95. The van der Waals surface area contributed by atoms with Gasteiger partial charge in [0.15, 0.2) is 0 Å². The van der Waals surface area contributed by atoms with Crippen molar-refractivity contribution >= 4 is 5.91 Å². The molecule has 2 aromatic heterocycles. The first-order chi connectivity index (χ1) is 15.3. The van der Waals surface area contributed by atoms with Gasteiger partial charge in [-0.25, -0.2) is 4.68 Å². The lowest BCUT2D eigenvalue weighted by atomic mass is 10.1. The minimum absolute atomic E-state index is 0.0987. The van der Waals surface area contributed by atoms with Gasteiger partial charge in [0.2, 0.25) is 0 Å². The molecular formula is C24H25N5O2. The molecule has 1 N–H and O–H groups in total. The molecule has 1 aliphatic rings. The van der Waals surface area contributed by atoms with E-state index in [1.807, 2.05) is 42.6 Å². The van der Waals surface area contributed by atoms with E-state index in [1.165, 1.54) is 0 Å². The highest BCUT2D eigenvalue weighted by atomic mass is 16.5. The quantitative estimate of drug-likeness (QED) is 0.493. The number of pyridine rings is 1. The zero-order valence-corrected chi connectivity index (χ0v) is 17.3. The highest BCUT2D eigenvalue weighted by Gasteiger charge is 2.12. The average Bonchev–Trinajstić information content (AvgIpc) is 3.36. The van der Waals surface area contributed by atoms with E-state index >= 15 is 0 Å². The first-order valence-electron chi connectivity index (χ1n) is 10.4. The molecule has 0 saturated carbocycles. The SMILES string of the molecule is O=C(NCCCN1CCOCC1)c1ccc(-n2cccn2)c(C#Cc2cccnc2)c1. The van der Waals surface area contributed by atoms with Gasteiger partial charge in [0.1, 0.15) is 0 Å². The number of hydrogen-bond donors (Lipinski definition) is 1. The number of aromatic nitrogens is 3. The molecule has 3 aromatic rings. The number of carbonyl (C=O) groups is 1. The number of nitrogens with one attached hydrogen (secondary N) is 1. The van der Waals surface area contributed by atoms with Crippen molar-refractivity contribution in [2.45, 2.75) is 6.42 Å². The van der Waals surface area contributed by atoms with Crippen LogP contribution in [-0.2, 0) is 4.74 Å². The van der Waals surface area contributed by atoms with Crippen molar-refractivity contribution in [3.63, 3.8) is 0 Å². The monoisotopic (exact) mass is 415 g/mol. The first-order valence-corrected chi connectivity index (χ1v) is 10.4. The van der Waals surface area contributed by atoms with Crippen LogP contribution in [0.2, 0.25) is 0 Å². The number of nitrogens with zero attached hydrogens (tertiary/aromatic N) is 4. The van der Waals surface area contributed by atoms with Crippen LogP contribution in [0.3, 0.4) is 0 Å². The first kappa shape index (κ1) is 20.8. The minimum Gasteiger partial charge on any atom is -0.379 e. The van der Waals surface area contributed by atoms with Crippen LogP contribution in [0.15, 0.2) is 61.2 Å². The molecule has 0 radical (unpaired) electrons. The number of carbonyl (C=O) groups excluding carboxylic acids is 1. The summed E-state index contributed by atoms with van der Waals surface area (Å²) >= 11 is 0. The van der Waals surface area contributed by atoms with E-state index in [-0.39, 0.29) is 5.91 Å². The molecule has 0 spiro atoms. The van der Waals surface area contributed by atoms with Crippen molar-refractivity contribution in [2.75, 3.05) is 39.4 Å². The van der Waals surface area contributed by atoms with Crippen molar-refractivity contribution in [1.29, 1.82) is 0 Å². The zero-order chi connectivity index (χ0) is 21.3. The van der Waals surface area contributed by atoms with E-state index in [0.29, 0.717) is 12.1 Å². The van der Waals surface area contributed by atoms with Gasteiger partial charge in [0.05, 0.1) is 24.5 Å². The standard InChI is InChI=1S/C24H25N5O2/c30-24(26-10-2-12-28-14-16-31-17-15-28)22-7-8-23(29-13-3-11-27-29)21(18-22)6-5-20-4-1-9-25-19-20/h1,3-4,7-9,11,13,18-19H,2,10,12,14-17H2,(H,26,30). The van der Waals surface area contributed by atoms with Gasteiger partial charge in [0, 0.05) is 55.5 Å². The Labute approximate surface area is 182 Å². The summed E-state index contributed by atoms with van der Waals surface area (Å²) in [6.07, 6.45) is 7.91. The number of rotatable bonds is 6. The Morgan fingerprint density at radius 1 is 1.13 bits per heavy atom. The summed E-state index contributed by atoms with van der Waals surface area (Å²) < 4.78 is 7.11. The Balaban J connectivity index is 1.45. The molecule has 158 valence electrons. The third-order valence-corrected chi connectivity index (χ3v) is 5.05. The predicted molar refractivity (Wildman–Crippen MR) is 118 cm³/mol. The second kappa shape index (κ2) is 10.5. The van der Waals surface area contributed by atoms with Crippen LogP contribution >= 0.6 is 0 Å². The summed E-state index contributed by atoms with van der Waals surface area (Å²) in [7, 11) is 0. The molecule has 0 unspecified atom stereocenters. The van der Waals surface area contributed by atoms with E-state index in [2.05, 4.69) is 32.1 Å². The predicted octanol–water partition coefficient (Wildman–Crippen LogP) is 2.12. The summed E-state index contributed by atoms with van der Waals surface area (Å²) in [4.78, 5) is 19.2. The largest absolute Gasteiger partial charge is 0.379 e.